The Hall–Kier alpha value is -2.23. The predicted molar refractivity (Wildman–Crippen MR) is 117 cm³/mol. The SMILES string of the molecule is Cc1ccc(S(=O)(=O)N2CCC(C(=O)NNC(=O)c3ccccc3Br)CC2)cc1C. The largest absolute Gasteiger partial charge is 0.273 e. The third-order valence-corrected chi connectivity index (χ3v) is 7.94. The Kier molecular flexibility index (Phi) is 6.95. The topological polar surface area (TPSA) is 95.6 Å². The molecule has 9 heteroatoms. The monoisotopic (exact) mass is 493 g/mol. The molecule has 0 aliphatic carbocycles. The van der Waals surface area contributed by atoms with E-state index < -0.39 is 15.9 Å². The van der Waals surface area contributed by atoms with E-state index in [9.17, 15) is 18.0 Å². The molecule has 2 amide bonds. The summed E-state index contributed by atoms with van der Waals surface area (Å²) < 4.78 is 27.8. The molecule has 7 nitrogen and oxygen atoms in total. The van der Waals surface area contributed by atoms with Crippen molar-refractivity contribution in [2.24, 2.45) is 5.92 Å². The van der Waals surface area contributed by atoms with Crippen LogP contribution in [0.1, 0.15) is 34.3 Å². The van der Waals surface area contributed by atoms with E-state index in [-0.39, 0.29) is 29.8 Å². The molecule has 0 spiro atoms. The van der Waals surface area contributed by atoms with Crippen molar-refractivity contribution in [3.8, 4) is 0 Å². The third-order valence-electron chi connectivity index (χ3n) is 5.36. The van der Waals surface area contributed by atoms with E-state index >= 15 is 0 Å². The first-order valence-corrected chi connectivity index (χ1v) is 11.9. The average Bonchev–Trinajstić information content (AvgIpc) is 2.74. The fourth-order valence-corrected chi connectivity index (χ4v) is 5.34. The summed E-state index contributed by atoms with van der Waals surface area (Å²) in [6, 6.07) is 12.0. The van der Waals surface area contributed by atoms with E-state index in [0.717, 1.165) is 11.1 Å². The van der Waals surface area contributed by atoms with Crippen LogP contribution in [0.15, 0.2) is 51.8 Å². The van der Waals surface area contributed by atoms with Gasteiger partial charge in [0.25, 0.3) is 5.91 Å². The maximum atomic E-state index is 12.9. The Bertz CT molecular complexity index is 1060. The van der Waals surface area contributed by atoms with Crippen LogP contribution in [0, 0.1) is 19.8 Å². The summed E-state index contributed by atoms with van der Waals surface area (Å²) in [5.74, 6) is -1.11. The molecular formula is C21H24BrN3O4S. The Morgan fingerprint density at radius 3 is 2.30 bits per heavy atom. The van der Waals surface area contributed by atoms with Crippen LogP contribution < -0.4 is 10.9 Å². The molecule has 0 radical (unpaired) electrons. The number of rotatable bonds is 4. The van der Waals surface area contributed by atoms with Crippen molar-refractivity contribution in [2.75, 3.05) is 13.1 Å². The summed E-state index contributed by atoms with van der Waals surface area (Å²) >= 11 is 3.30. The van der Waals surface area contributed by atoms with Crippen LogP contribution in [-0.2, 0) is 14.8 Å². The molecule has 160 valence electrons. The molecule has 1 aliphatic rings. The maximum Gasteiger partial charge on any atom is 0.270 e. The van der Waals surface area contributed by atoms with Gasteiger partial charge in [-0.25, -0.2) is 8.42 Å². The molecular weight excluding hydrogens is 470 g/mol. The Balaban J connectivity index is 1.55. The lowest BCUT2D eigenvalue weighted by Crippen LogP contribution is -2.48. The molecule has 1 heterocycles. The second-order valence-corrected chi connectivity index (χ2v) is 10.1. The minimum absolute atomic E-state index is 0.255. The van der Waals surface area contributed by atoms with Crippen LogP contribution in [0.3, 0.4) is 0 Å². The van der Waals surface area contributed by atoms with Gasteiger partial charge in [-0.3, -0.25) is 20.4 Å². The molecule has 2 N–H and O–H groups in total. The predicted octanol–water partition coefficient (Wildman–Crippen LogP) is 2.93. The number of carbonyl (C=O) groups excluding carboxylic acids is 2. The van der Waals surface area contributed by atoms with Crippen molar-refractivity contribution in [3.63, 3.8) is 0 Å². The zero-order chi connectivity index (χ0) is 21.9. The molecule has 1 fully saturated rings. The number of nitrogens with zero attached hydrogens (tertiary/aromatic N) is 1. The van der Waals surface area contributed by atoms with Crippen LogP contribution in [0.5, 0.6) is 0 Å². The minimum atomic E-state index is -3.59. The van der Waals surface area contributed by atoms with Gasteiger partial charge in [0.1, 0.15) is 0 Å². The van der Waals surface area contributed by atoms with Crippen LogP contribution in [0.4, 0.5) is 0 Å². The van der Waals surface area contributed by atoms with Gasteiger partial charge in [-0.1, -0.05) is 18.2 Å². The van der Waals surface area contributed by atoms with Gasteiger partial charge in [-0.05, 0) is 78.0 Å². The molecule has 3 rings (SSSR count). The van der Waals surface area contributed by atoms with Crippen LogP contribution >= 0.6 is 15.9 Å². The fourth-order valence-electron chi connectivity index (χ4n) is 3.31. The number of nitrogens with one attached hydrogen (secondary N) is 2. The molecule has 0 atom stereocenters. The summed E-state index contributed by atoms with van der Waals surface area (Å²) in [7, 11) is -3.59. The van der Waals surface area contributed by atoms with Gasteiger partial charge in [-0.15, -0.1) is 0 Å². The van der Waals surface area contributed by atoms with E-state index in [1.54, 1.807) is 42.5 Å². The van der Waals surface area contributed by atoms with Gasteiger partial charge in [-0.2, -0.15) is 4.31 Å². The van der Waals surface area contributed by atoms with Gasteiger partial charge in [0.2, 0.25) is 15.9 Å². The number of amides is 2. The molecule has 1 saturated heterocycles. The van der Waals surface area contributed by atoms with Crippen molar-refractivity contribution in [1.29, 1.82) is 0 Å². The number of piperidine rings is 1. The first kappa shape index (κ1) is 22.5. The van der Waals surface area contributed by atoms with Gasteiger partial charge >= 0.3 is 0 Å². The first-order chi connectivity index (χ1) is 14.2. The van der Waals surface area contributed by atoms with Crippen molar-refractivity contribution in [2.45, 2.75) is 31.6 Å². The summed E-state index contributed by atoms with van der Waals surface area (Å²) in [6.45, 7) is 4.33. The van der Waals surface area contributed by atoms with Gasteiger partial charge in [0, 0.05) is 23.5 Å². The van der Waals surface area contributed by atoms with Gasteiger partial charge < -0.3 is 0 Å². The molecule has 0 bridgehead atoms. The lowest BCUT2D eigenvalue weighted by atomic mass is 9.98. The number of carbonyl (C=O) groups is 2. The number of halogens is 1. The zero-order valence-corrected chi connectivity index (χ0v) is 19.2. The highest BCUT2D eigenvalue weighted by molar-refractivity contribution is 9.10. The van der Waals surface area contributed by atoms with Crippen LogP contribution in [-0.4, -0.2) is 37.6 Å². The smallest absolute Gasteiger partial charge is 0.270 e. The Morgan fingerprint density at radius 2 is 1.67 bits per heavy atom. The van der Waals surface area contributed by atoms with Crippen molar-refractivity contribution < 1.29 is 18.0 Å². The molecule has 2 aromatic carbocycles. The molecule has 1 aliphatic heterocycles. The highest BCUT2D eigenvalue weighted by atomic mass is 79.9. The number of sulfonamides is 1. The van der Waals surface area contributed by atoms with E-state index in [0.29, 0.717) is 22.9 Å². The lowest BCUT2D eigenvalue weighted by molar-refractivity contribution is -0.126. The van der Waals surface area contributed by atoms with E-state index in [2.05, 4.69) is 26.8 Å². The van der Waals surface area contributed by atoms with Crippen molar-refractivity contribution >= 4 is 37.8 Å². The second-order valence-electron chi connectivity index (χ2n) is 7.35. The highest BCUT2D eigenvalue weighted by Gasteiger charge is 2.32. The Labute approximate surface area is 185 Å². The number of hydrogen-bond donors (Lipinski definition) is 2. The lowest BCUT2D eigenvalue weighted by Gasteiger charge is -2.30. The molecule has 30 heavy (non-hydrogen) atoms. The quantitative estimate of drug-likeness (QED) is 0.639. The van der Waals surface area contributed by atoms with Crippen LogP contribution in [0.25, 0.3) is 0 Å². The highest BCUT2D eigenvalue weighted by Crippen LogP contribution is 2.25. The average molecular weight is 494 g/mol. The van der Waals surface area contributed by atoms with E-state index in [4.69, 9.17) is 0 Å². The van der Waals surface area contributed by atoms with Crippen LogP contribution in [0.2, 0.25) is 0 Å². The molecule has 0 aromatic heterocycles. The summed E-state index contributed by atoms with van der Waals surface area (Å²) in [4.78, 5) is 24.9. The maximum absolute atomic E-state index is 12.9. The number of hydrazine groups is 1. The summed E-state index contributed by atoms with van der Waals surface area (Å²) in [5, 5.41) is 0. The summed E-state index contributed by atoms with van der Waals surface area (Å²) in [6.07, 6.45) is 0.779. The second kappa shape index (κ2) is 9.28. The molecule has 0 unspecified atom stereocenters. The van der Waals surface area contributed by atoms with Crippen molar-refractivity contribution in [3.05, 3.63) is 63.6 Å². The minimum Gasteiger partial charge on any atom is -0.273 e. The Morgan fingerprint density at radius 1 is 1.00 bits per heavy atom. The third kappa shape index (κ3) is 4.91. The summed E-state index contributed by atoms with van der Waals surface area (Å²) in [5.41, 5.74) is 7.23. The van der Waals surface area contributed by atoms with Gasteiger partial charge in [0.05, 0.1) is 10.5 Å². The van der Waals surface area contributed by atoms with E-state index in [1.807, 2.05) is 13.8 Å². The number of hydrogen-bond acceptors (Lipinski definition) is 4. The van der Waals surface area contributed by atoms with Gasteiger partial charge in [0.15, 0.2) is 0 Å². The zero-order valence-electron chi connectivity index (χ0n) is 16.8. The van der Waals surface area contributed by atoms with E-state index in [1.165, 1.54) is 4.31 Å². The molecule has 2 aromatic rings. The number of aryl methyl sites for hydroxylation is 2. The number of benzene rings is 2. The normalized spacial score (nSPS) is 15.6. The first-order valence-electron chi connectivity index (χ1n) is 9.62. The van der Waals surface area contributed by atoms with Crippen molar-refractivity contribution in [1.82, 2.24) is 15.2 Å². The standard InChI is InChI=1S/C21H24BrN3O4S/c1-14-7-8-17(13-15(14)2)30(28,29)25-11-9-16(10-12-25)20(26)23-24-21(27)18-5-3-4-6-19(18)22/h3-8,13,16H,9-12H2,1-2H3,(H,23,26)(H,24,27). The fraction of sp³-hybridized carbons (Fsp3) is 0.333. The molecule has 0 saturated carbocycles.